The largest absolute Gasteiger partial charge is 0.370 e. The first-order chi connectivity index (χ1) is 13.5. The van der Waals surface area contributed by atoms with Crippen molar-refractivity contribution in [1.82, 2.24) is 9.55 Å². The highest BCUT2D eigenvalue weighted by Crippen LogP contribution is 2.34. The Morgan fingerprint density at radius 3 is 2.57 bits per heavy atom. The SMILES string of the molecule is CC1CCN(c2cc3c(cc2Cl)nc(Cc2cc(CN)ccc2Cl)n3C)CC1. The molecule has 1 aliphatic rings. The van der Waals surface area contributed by atoms with E-state index in [1.54, 1.807) is 0 Å². The number of rotatable bonds is 4. The zero-order valence-corrected chi connectivity index (χ0v) is 17.9. The second-order valence-electron chi connectivity index (χ2n) is 7.86. The molecular weight excluding hydrogens is 391 g/mol. The van der Waals surface area contributed by atoms with Gasteiger partial charge in [0, 0.05) is 38.1 Å². The first-order valence-corrected chi connectivity index (χ1v) is 10.6. The lowest BCUT2D eigenvalue weighted by atomic mass is 9.99. The zero-order chi connectivity index (χ0) is 19.8. The lowest BCUT2D eigenvalue weighted by molar-refractivity contribution is 0.438. The topological polar surface area (TPSA) is 47.1 Å². The number of aromatic nitrogens is 2. The van der Waals surface area contributed by atoms with Crippen LogP contribution in [-0.4, -0.2) is 22.6 Å². The molecule has 1 saturated heterocycles. The smallest absolute Gasteiger partial charge is 0.114 e. The van der Waals surface area contributed by atoms with Crippen molar-refractivity contribution in [3.05, 3.63) is 57.3 Å². The van der Waals surface area contributed by atoms with Crippen LogP contribution in [0.25, 0.3) is 11.0 Å². The lowest BCUT2D eigenvalue weighted by Crippen LogP contribution is -2.32. The number of hydrogen-bond acceptors (Lipinski definition) is 3. The van der Waals surface area contributed by atoms with E-state index < -0.39 is 0 Å². The highest BCUT2D eigenvalue weighted by atomic mass is 35.5. The number of benzene rings is 2. The van der Waals surface area contributed by atoms with Crippen LogP contribution in [0.2, 0.25) is 10.0 Å². The average Bonchev–Trinajstić information content (AvgIpc) is 2.98. The third-order valence-electron chi connectivity index (χ3n) is 5.86. The number of nitrogens with zero attached hydrogens (tertiary/aromatic N) is 3. The highest BCUT2D eigenvalue weighted by molar-refractivity contribution is 6.34. The number of nitrogens with two attached hydrogens (primary N) is 1. The Bertz CT molecular complexity index is 1000. The predicted molar refractivity (Wildman–Crippen MR) is 118 cm³/mol. The molecule has 2 aromatic carbocycles. The summed E-state index contributed by atoms with van der Waals surface area (Å²) in [4.78, 5) is 7.23. The number of piperidine rings is 1. The molecule has 6 heteroatoms. The second kappa shape index (κ2) is 7.94. The molecule has 3 aromatic rings. The fraction of sp³-hybridized carbons (Fsp3) is 0.409. The summed E-state index contributed by atoms with van der Waals surface area (Å²) >= 11 is 13.0. The van der Waals surface area contributed by atoms with Crippen molar-refractivity contribution < 1.29 is 0 Å². The maximum Gasteiger partial charge on any atom is 0.114 e. The van der Waals surface area contributed by atoms with Crippen molar-refractivity contribution in [2.45, 2.75) is 32.7 Å². The van der Waals surface area contributed by atoms with Gasteiger partial charge in [-0.2, -0.15) is 0 Å². The van der Waals surface area contributed by atoms with Gasteiger partial charge in [-0.3, -0.25) is 0 Å². The molecule has 0 bridgehead atoms. The summed E-state index contributed by atoms with van der Waals surface area (Å²) in [7, 11) is 2.06. The van der Waals surface area contributed by atoms with Gasteiger partial charge in [0.2, 0.25) is 0 Å². The van der Waals surface area contributed by atoms with E-state index in [1.165, 1.54) is 12.8 Å². The van der Waals surface area contributed by atoms with Crippen LogP contribution in [0.15, 0.2) is 30.3 Å². The maximum atomic E-state index is 6.63. The van der Waals surface area contributed by atoms with E-state index in [1.807, 2.05) is 18.2 Å². The summed E-state index contributed by atoms with van der Waals surface area (Å²) in [5.41, 5.74) is 11.0. The first-order valence-electron chi connectivity index (χ1n) is 9.83. The van der Waals surface area contributed by atoms with Crippen LogP contribution >= 0.6 is 23.2 Å². The summed E-state index contributed by atoms with van der Waals surface area (Å²) < 4.78 is 2.15. The van der Waals surface area contributed by atoms with Crippen LogP contribution in [0, 0.1) is 5.92 Å². The minimum atomic E-state index is 0.500. The van der Waals surface area contributed by atoms with Crippen molar-refractivity contribution in [2.75, 3.05) is 18.0 Å². The van der Waals surface area contributed by atoms with Crippen LogP contribution in [0.3, 0.4) is 0 Å². The van der Waals surface area contributed by atoms with E-state index in [-0.39, 0.29) is 0 Å². The van der Waals surface area contributed by atoms with Gasteiger partial charge in [0.25, 0.3) is 0 Å². The lowest BCUT2D eigenvalue weighted by Gasteiger charge is -2.32. The van der Waals surface area contributed by atoms with Gasteiger partial charge in [0.1, 0.15) is 5.82 Å². The molecule has 1 fully saturated rings. The minimum Gasteiger partial charge on any atom is -0.370 e. The van der Waals surface area contributed by atoms with Crippen LogP contribution in [0.5, 0.6) is 0 Å². The van der Waals surface area contributed by atoms with Crippen molar-refractivity contribution in [1.29, 1.82) is 0 Å². The minimum absolute atomic E-state index is 0.500. The van der Waals surface area contributed by atoms with Crippen molar-refractivity contribution in [2.24, 2.45) is 18.7 Å². The average molecular weight is 417 g/mol. The summed E-state index contributed by atoms with van der Waals surface area (Å²) in [5.74, 6) is 1.75. The number of halogens is 2. The number of anilines is 1. The maximum absolute atomic E-state index is 6.63. The molecule has 2 N–H and O–H groups in total. The molecule has 0 amide bonds. The standard InChI is InChI=1S/C22H26Cl2N4/c1-14-5-7-28(8-6-14)20-12-21-19(11-18(20)24)26-22(27(21)2)10-16-9-15(13-25)3-4-17(16)23/h3-4,9,11-12,14H,5-8,10,13,25H2,1-2H3. The van der Waals surface area contributed by atoms with Gasteiger partial charge in [-0.1, -0.05) is 42.3 Å². The summed E-state index contributed by atoms with van der Waals surface area (Å²) in [6, 6.07) is 10.1. The molecule has 28 heavy (non-hydrogen) atoms. The normalized spacial score (nSPS) is 15.5. The van der Waals surface area contributed by atoms with Crippen LogP contribution in [0.1, 0.15) is 36.7 Å². The van der Waals surface area contributed by atoms with E-state index in [4.69, 9.17) is 33.9 Å². The molecule has 0 spiro atoms. The molecule has 4 nitrogen and oxygen atoms in total. The van der Waals surface area contributed by atoms with Gasteiger partial charge in [-0.05, 0) is 48.1 Å². The molecular formula is C22H26Cl2N4. The van der Waals surface area contributed by atoms with Gasteiger partial charge in [0.15, 0.2) is 0 Å². The Kier molecular flexibility index (Phi) is 5.55. The molecule has 1 aromatic heterocycles. The fourth-order valence-electron chi connectivity index (χ4n) is 3.96. The van der Waals surface area contributed by atoms with Crippen LogP contribution in [0.4, 0.5) is 5.69 Å². The molecule has 4 rings (SSSR count). The first kappa shape index (κ1) is 19.6. The molecule has 148 valence electrons. The van der Waals surface area contributed by atoms with Gasteiger partial charge < -0.3 is 15.2 Å². The second-order valence-corrected chi connectivity index (χ2v) is 8.67. The van der Waals surface area contributed by atoms with Crippen molar-refractivity contribution >= 4 is 39.9 Å². The zero-order valence-electron chi connectivity index (χ0n) is 16.4. The van der Waals surface area contributed by atoms with Crippen molar-refractivity contribution in [3.8, 4) is 0 Å². The molecule has 0 aliphatic carbocycles. The quantitative estimate of drug-likeness (QED) is 0.638. The van der Waals surface area contributed by atoms with Crippen LogP contribution in [-0.2, 0) is 20.0 Å². The van der Waals surface area contributed by atoms with Gasteiger partial charge in [-0.15, -0.1) is 0 Å². The Hall–Kier alpha value is -1.75. The van der Waals surface area contributed by atoms with E-state index in [2.05, 4.69) is 35.6 Å². The van der Waals surface area contributed by atoms with E-state index in [9.17, 15) is 0 Å². The highest BCUT2D eigenvalue weighted by Gasteiger charge is 2.20. The van der Waals surface area contributed by atoms with Crippen LogP contribution < -0.4 is 10.6 Å². The van der Waals surface area contributed by atoms with Crippen molar-refractivity contribution in [3.63, 3.8) is 0 Å². The molecule has 2 heterocycles. The Morgan fingerprint density at radius 1 is 1.11 bits per heavy atom. The fourth-order valence-corrected chi connectivity index (χ4v) is 4.42. The molecule has 0 atom stereocenters. The molecule has 0 saturated carbocycles. The summed E-state index contributed by atoms with van der Waals surface area (Å²) in [6.45, 7) is 4.93. The summed E-state index contributed by atoms with van der Waals surface area (Å²) in [6.07, 6.45) is 3.08. The van der Waals surface area contributed by atoms with E-state index in [0.717, 1.165) is 62.7 Å². The number of hydrogen-bond donors (Lipinski definition) is 1. The third kappa shape index (κ3) is 3.73. The number of fused-ring (bicyclic) bond motifs is 1. The van der Waals surface area contributed by atoms with Gasteiger partial charge in [-0.25, -0.2) is 4.98 Å². The number of aryl methyl sites for hydroxylation is 1. The van der Waals surface area contributed by atoms with Gasteiger partial charge >= 0.3 is 0 Å². The predicted octanol–water partition coefficient (Wildman–Crippen LogP) is 5.17. The third-order valence-corrected chi connectivity index (χ3v) is 6.53. The Labute approximate surface area is 176 Å². The monoisotopic (exact) mass is 416 g/mol. The van der Waals surface area contributed by atoms with E-state index >= 15 is 0 Å². The van der Waals surface area contributed by atoms with Gasteiger partial charge in [0.05, 0.1) is 21.7 Å². The molecule has 0 radical (unpaired) electrons. The molecule has 0 unspecified atom stereocenters. The Balaban J connectivity index is 1.69. The molecule has 1 aliphatic heterocycles. The summed E-state index contributed by atoms with van der Waals surface area (Å²) in [5, 5.41) is 1.51. The van der Waals surface area contributed by atoms with E-state index in [0.29, 0.717) is 13.0 Å². The number of imidazole rings is 1. The Morgan fingerprint density at radius 2 is 1.86 bits per heavy atom.